The summed E-state index contributed by atoms with van der Waals surface area (Å²) < 4.78 is 10.8. The largest absolute Gasteiger partial charge is 0.497 e. The number of Topliss-reactive ketones (excluding diaryl/α,β-unsaturated/α-hetero) is 1. The molecule has 1 saturated heterocycles. The van der Waals surface area contributed by atoms with E-state index in [0.29, 0.717) is 0 Å². The van der Waals surface area contributed by atoms with Crippen molar-refractivity contribution in [2.75, 3.05) is 14.2 Å². The Balaban J connectivity index is 1.64. The van der Waals surface area contributed by atoms with E-state index in [4.69, 9.17) is 9.47 Å². The maximum absolute atomic E-state index is 14.5. The van der Waals surface area contributed by atoms with Gasteiger partial charge in [0.25, 0.3) is 0 Å². The monoisotopic (exact) mass is 463 g/mol. The highest BCUT2D eigenvalue weighted by Gasteiger charge is 2.45. The summed E-state index contributed by atoms with van der Waals surface area (Å²) >= 11 is 0. The van der Waals surface area contributed by atoms with Gasteiger partial charge in [-0.1, -0.05) is 84.9 Å². The Labute approximate surface area is 206 Å². The average molecular weight is 464 g/mol. The molecule has 5 rings (SSSR count). The van der Waals surface area contributed by atoms with E-state index in [1.165, 1.54) is 0 Å². The molecule has 176 valence electrons. The molecule has 0 aliphatic carbocycles. The number of ether oxygens (including phenoxy) is 2. The molecule has 0 spiro atoms. The van der Waals surface area contributed by atoms with E-state index >= 15 is 0 Å². The molecule has 35 heavy (non-hydrogen) atoms. The van der Waals surface area contributed by atoms with Gasteiger partial charge in [0.1, 0.15) is 11.5 Å². The molecular formula is C31H29NO3. The summed E-state index contributed by atoms with van der Waals surface area (Å²) in [7, 11) is 3.32. The van der Waals surface area contributed by atoms with Crippen LogP contribution in [-0.2, 0) is 4.79 Å². The zero-order valence-electron chi connectivity index (χ0n) is 19.9. The van der Waals surface area contributed by atoms with E-state index in [1.807, 2.05) is 84.9 Å². The Morgan fingerprint density at radius 3 is 1.23 bits per heavy atom. The van der Waals surface area contributed by atoms with Crippen LogP contribution >= 0.6 is 0 Å². The van der Waals surface area contributed by atoms with Gasteiger partial charge in [-0.25, -0.2) is 0 Å². The average Bonchev–Trinajstić information content (AvgIpc) is 2.93. The second kappa shape index (κ2) is 10.2. The van der Waals surface area contributed by atoms with Crippen LogP contribution in [0.3, 0.4) is 0 Å². The molecule has 4 atom stereocenters. The molecule has 4 aromatic rings. The number of ketones is 1. The van der Waals surface area contributed by atoms with Crippen LogP contribution in [0.25, 0.3) is 0 Å². The molecule has 0 unspecified atom stereocenters. The lowest BCUT2D eigenvalue weighted by atomic mass is 9.70. The molecular weight excluding hydrogens is 434 g/mol. The fourth-order valence-corrected chi connectivity index (χ4v) is 5.14. The molecule has 0 radical (unpaired) electrons. The normalized spacial score (nSPS) is 21.9. The summed E-state index contributed by atoms with van der Waals surface area (Å²) in [4.78, 5) is 14.5. The molecule has 0 saturated carbocycles. The van der Waals surface area contributed by atoms with Crippen molar-refractivity contribution in [3.63, 3.8) is 0 Å². The molecule has 1 aliphatic heterocycles. The number of nitrogens with one attached hydrogen (secondary N) is 1. The number of carbonyl (C=O) groups excluding carboxylic acids is 1. The molecule has 4 aromatic carbocycles. The van der Waals surface area contributed by atoms with Gasteiger partial charge in [-0.2, -0.15) is 0 Å². The van der Waals surface area contributed by atoms with Crippen LogP contribution in [0.2, 0.25) is 0 Å². The SMILES string of the molecule is COc1ccc([C@H]2N[C@@H](c3ccc(OC)cc3)[C@@H](c3ccccc3)C(=O)[C@@H]2c2ccccc2)cc1. The number of methoxy groups -OCH3 is 2. The Bertz CT molecular complexity index is 1160. The molecule has 4 heteroatoms. The van der Waals surface area contributed by atoms with E-state index in [0.717, 1.165) is 33.8 Å². The number of benzene rings is 4. The minimum atomic E-state index is -0.329. The smallest absolute Gasteiger partial charge is 0.151 e. The highest BCUT2D eigenvalue weighted by atomic mass is 16.5. The summed E-state index contributed by atoms with van der Waals surface area (Å²) in [5.74, 6) is 1.14. The van der Waals surface area contributed by atoms with Gasteiger partial charge < -0.3 is 14.8 Å². The number of hydrogen-bond acceptors (Lipinski definition) is 4. The third-order valence-electron chi connectivity index (χ3n) is 6.91. The van der Waals surface area contributed by atoms with Crippen LogP contribution in [0.5, 0.6) is 11.5 Å². The van der Waals surface area contributed by atoms with Gasteiger partial charge in [0, 0.05) is 12.1 Å². The van der Waals surface area contributed by atoms with E-state index in [-0.39, 0.29) is 29.7 Å². The van der Waals surface area contributed by atoms with Gasteiger partial charge in [0.15, 0.2) is 5.78 Å². The van der Waals surface area contributed by atoms with Gasteiger partial charge in [0.05, 0.1) is 26.1 Å². The first kappa shape index (κ1) is 22.9. The summed E-state index contributed by atoms with van der Waals surface area (Å²) in [5, 5.41) is 3.89. The molecule has 4 nitrogen and oxygen atoms in total. The maximum Gasteiger partial charge on any atom is 0.151 e. The second-order valence-corrected chi connectivity index (χ2v) is 8.85. The number of hydrogen-bond donors (Lipinski definition) is 1. The van der Waals surface area contributed by atoms with Gasteiger partial charge in [0.2, 0.25) is 0 Å². The quantitative estimate of drug-likeness (QED) is 0.368. The predicted molar refractivity (Wildman–Crippen MR) is 138 cm³/mol. The zero-order chi connectivity index (χ0) is 24.2. The minimum Gasteiger partial charge on any atom is -0.497 e. The summed E-state index contributed by atoms with van der Waals surface area (Å²) in [6, 6.07) is 35.8. The van der Waals surface area contributed by atoms with Crippen LogP contribution in [0.15, 0.2) is 109 Å². The van der Waals surface area contributed by atoms with E-state index in [2.05, 4.69) is 29.6 Å². The highest BCUT2D eigenvalue weighted by molar-refractivity contribution is 5.94. The summed E-state index contributed by atoms with van der Waals surface area (Å²) in [5.41, 5.74) is 4.14. The summed E-state index contributed by atoms with van der Waals surface area (Å²) in [6.45, 7) is 0. The second-order valence-electron chi connectivity index (χ2n) is 8.85. The standard InChI is InChI=1S/C31H29NO3/c1-34-25-17-13-23(14-18-25)29-27(21-9-5-3-6-10-21)31(33)28(22-11-7-4-8-12-22)30(32-29)24-15-19-26(35-2)20-16-24/h3-20,27-30,32H,1-2H3/t27-,28-,29-,30+/m1/s1. The number of piperidine rings is 1. The van der Waals surface area contributed by atoms with Crippen molar-refractivity contribution in [1.29, 1.82) is 0 Å². The van der Waals surface area contributed by atoms with E-state index < -0.39 is 0 Å². The van der Waals surface area contributed by atoms with Crippen molar-refractivity contribution in [1.82, 2.24) is 5.32 Å². The molecule has 0 amide bonds. The van der Waals surface area contributed by atoms with Crippen LogP contribution < -0.4 is 14.8 Å². The molecule has 1 N–H and O–H groups in total. The first-order chi connectivity index (χ1) is 17.2. The molecule has 1 aliphatic rings. The summed E-state index contributed by atoms with van der Waals surface area (Å²) in [6.07, 6.45) is 0. The van der Waals surface area contributed by atoms with Crippen molar-refractivity contribution in [2.45, 2.75) is 23.9 Å². The minimum absolute atomic E-state index is 0.192. The van der Waals surface area contributed by atoms with Gasteiger partial charge in [-0.15, -0.1) is 0 Å². The Morgan fingerprint density at radius 1 is 0.514 bits per heavy atom. The van der Waals surface area contributed by atoms with E-state index in [9.17, 15) is 4.79 Å². The first-order valence-electron chi connectivity index (χ1n) is 11.9. The fraction of sp³-hybridized carbons (Fsp3) is 0.194. The lowest BCUT2D eigenvalue weighted by Gasteiger charge is -2.42. The first-order valence-corrected chi connectivity index (χ1v) is 11.9. The van der Waals surface area contributed by atoms with Crippen LogP contribution in [0.1, 0.15) is 46.2 Å². The fourth-order valence-electron chi connectivity index (χ4n) is 5.14. The zero-order valence-corrected chi connectivity index (χ0v) is 19.9. The van der Waals surface area contributed by atoms with E-state index in [1.54, 1.807) is 14.2 Å². The topological polar surface area (TPSA) is 47.6 Å². The van der Waals surface area contributed by atoms with Crippen LogP contribution in [0, 0.1) is 0 Å². The molecule has 1 heterocycles. The van der Waals surface area contributed by atoms with Crippen molar-refractivity contribution < 1.29 is 14.3 Å². The number of carbonyl (C=O) groups is 1. The van der Waals surface area contributed by atoms with Gasteiger partial charge >= 0.3 is 0 Å². The maximum atomic E-state index is 14.5. The molecule has 0 aromatic heterocycles. The third-order valence-corrected chi connectivity index (χ3v) is 6.91. The lowest BCUT2D eigenvalue weighted by molar-refractivity contribution is -0.125. The lowest BCUT2D eigenvalue weighted by Crippen LogP contribution is -2.46. The predicted octanol–water partition coefficient (Wildman–Crippen LogP) is 6.23. The third kappa shape index (κ3) is 4.58. The van der Waals surface area contributed by atoms with Crippen molar-refractivity contribution >= 4 is 5.78 Å². The number of rotatable bonds is 6. The van der Waals surface area contributed by atoms with Crippen molar-refractivity contribution in [3.05, 3.63) is 131 Å². The van der Waals surface area contributed by atoms with Crippen molar-refractivity contribution in [3.8, 4) is 11.5 Å². The Morgan fingerprint density at radius 2 is 0.886 bits per heavy atom. The van der Waals surface area contributed by atoms with Gasteiger partial charge in [-0.05, 0) is 46.5 Å². The van der Waals surface area contributed by atoms with Gasteiger partial charge in [-0.3, -0.25) is 4.79 Å². The molecule has 0 bridgehead atoms. The highest BCUT2D eigenvalue weighted by Crippen LogP contribution is 2.47. The van der Waals surface area contributed by atoms with Crippen LogP contribution in [0.4, 0.5) is 0 Å². The van der Waals surface area contributed by atoms with Crippen molar-refractivity contribution in [2.24, 2.45) is 0 Å². The molecule has 1 fully saturated rings. The Hall–Kier alpha value is -3.89. The Kier molecular flexibility index (Phi) is 6.64. The van der Waals surface area contributed by atoms with Crippen LogP contribution in [-0.4, -0.2) is 20.0 Å².